The van der Waals surface area contributed by atoms with Crippen molar-refractivity contribution in [1.82, 2.24) is 0 Å². The number of hydrogen-bond donors (Lipinski definition) is 1. The Labute approximate surface area is 204 Å². The van der Waals surface area contributed by atoms with Crippen LogP contribution in [0.2, 0.25) is 0 Å². The summed E-state index contributed by atoms with van der Waals surface area (Å²) in [7, 11) is 4.25. The lowest BCUT2D eigenvalue weighted by atomic mass is 9.76. The molecule has 4 rings (SSSR count). The van der Waals surface area contributed by atoms with Gasteiger partial charge in [-0.05, 0) is 53.3 Å². The highest BCUT2D eigenvalue weighted by Crippen LogP contribution is 2.48. The lowest BCUT2D eigenvalue weighted by molar-refractivity contribution is -0.540. The number of para-hydroxylation sites is 2. The van der Waals surface area contributed by atoms with Crippen molar-refractivity contribution in [3.63, 3.8) is 0 Å². The molecule has 172 valence electrons. The van der Waals surface area contributed by atoms with E-state index in [9.17, 15) is 0 Å². The number of allylic oxidation sites excluding steroid dienone is 7. The van der Waals surface area contributed by atoms with Crippen molar-refractivity contribution >= 4 is 23.0 Å². The molecule has 3 heteroatoms. The molecule has 0 bridgehead atoms. The molecular formula is C30H36ClN2+. The van der Waals surface area contributed by atoms with Crippen LogP contribution in [0.3, 0.4) is 0 Å². The van der Waals surface area contributed by atoms with Crippen LogP contribution in [0.15, 0.2) is 94.7 Å². The molecule has 0 aromatic heterocycles. The van der Waals surface area contributed by atoms with Gasteiger partial charge >= 0.3 is 0 Å². The van der Waals surface area contributed by atoms with Crippen molar-refractivity contribution in [2.75, 3.05) is 19.0 Å². The van der Waals surface area contributed by atoms with E-state index in [-0.39, 0.29) is 10.8 Å². The van der Waals surface area contributed by atoms with E-state index in [4.69, 9.17) is 11.6 Å². The molecule has 0 fully saturated rings. The first-order valence-electron chi connectivity index (χ1n) is 11.8. The Morgan fingerprint density at radius 2 is 1.76 bits per heavy atom. The smallest absolute Gasteiger partial charge is 0.133 e. The fraction of sp³-hybridized carbons (Fsp3) is 0.333. The maximum Gasteiger partial charge on any atom is 0.133 e. The number of halogens is 1. The summed E-state index contributed by atoms with van der Waals surface area (Å²) in [4.78, 5) is 2.31. The van der Waals surface area contributed by atoms with Crippen molar-refractivity contribution in [3.05, 3.63) is 106 Å². The highest BCUT2D eigenvalue weighted by molar-refractivity contribution is 6.33. The van der Waals surface area contributed by atoms with Crippen LogP contribution in [-0.4, -0.2) is 14.1 Å². The summed E-state index contributed by atoms with van der Waals surface area (Å²) in [6, 6.07) is 17.2. The van der Waals surface area contributed by atoms with E-state index in [1.807, 2.05) is 0 Å². The number of anilines is 1. The van der Waals surface area contributed by atoms with Crippen LogP contribution in [0.5, 0.6) is 0 Å². The minimum atomic E-state index is -0.177. The molecule has 2 aromatic carbocycles. The zero-order valence-electron chi connectivity index (χ0n) is 20.8. The van der Waals surface area contributed by atoms with Crippen molar-refractivity contribution in [1.29, 1.82) is 0 Å². The van der Waals surface area contributed by atoms with E-state index in [1.165, 1.54) is 39.3 Å². The summed E-state index contributed by atoms with van der Waals surface area (Å²) in [5.74, 6) is 0. The number of likely N-dealkylation sites (N-methyl/N-ethyl adjacent to an activating group) is 1. The van der Waals surface area contributed by atoms with Crippen LogP contribution < -0.4 is 10.2 Å². The SMILES string of the molecule is C=C(/C=C1\CCC(/C=C2\N(C)c3ccccc3C2(C)C)=C1Cl)C(C)(C)c1ccccc1[NH2+]C. The summed E-state index contributed by atoms with van der Waals surface area (Å²) in [5, 5.41) is 3.05. The third kappa shape index (κ3) is 4.00. The zero-order chi connectivity index (χ0) is 24.0. The van der Waals surface area contributed by atoms with Crippen molar-refractivity contribution in [2.45, 2.75) is 51.4 Å². The first kappa shape index (κ1) is 23.6. The van der Waals surface area contributed by atoms with Crippen molar-refractivity contribution < 1.29 is 5.32 Å². The summed E-state index contributed by atoms with van der Waals surface area (Å²) < 4.78 is 0. The minimum Gasteiger partial charge on any atom is -0.347 e. The summed E-state index contributed by atoms with van der Waals surface area (Å²) >= 11 is 6.97. The predicted octanol–water partition coefficient (Wildman–Crippen LogP) is 6.87. The van der Waals surface area contributed by atoms with Gasteiger partial charge in [-0.1, -0.05) is 88.3 Å². The van der Waals surface area contributed by atoms with Crippen LogP contribution in [0, 0.1) is 0 Å². The molecule has 0 saturated heterocycles. The Kier molecular flexibility index (Phi) is 6.20. The molecular weight excluding hydrogens is 424 g/mol. The van der Waals surface area contributed by atoms with Crippen LogP contribution >= 0.6 is 11.6 Å². The third-order valence-corrected chi connectivity index (χ3v) is 8.06. The zero-order valence-corrected chi connectivity index (χ0v) is 21.6. The number of fused-ring (bicyclic) bond motifs is 1. The number of nitrogens with zero attached hydrogens (tertiary/aromatic N) is 1. The van der Waals surface area contributed by atoms with Crippen LogP contribution in [0.4, 0.5) is 11.4 Å². The number of benzene rings is 2. The maximum absolute atomic E-state index is 6.97. The predicted molar refractivity (Wildman–Crippen MR) is 142 cm³/mol. The number of nitrogens with two attached hydrogens (primary N) is 1. The fourth-order valence-electron chi connectivity index (χ4n) is 5.27. The third-order valence-electron chi connectivity index (χ3n) is 7.58. The van der Waals surface area contributed by atoms with Gasteiger partial charge in [-0.3, -0.25) is 0 Å². The molecule has 2 N–H and O–H groups in total. The van der Waals surface area contributed by atoms with E-state index in [0.717, 1.165) is 23.4 Å². The topological polar surface area (TPSA) is 19.9 Å². The maximum atomic E-state index is 6.97. The Morgan fingerprint density at radius 1 is 1.09 bits per heavy atom. The second-order valence-corrected chi connectivity index (χ2v) is 10.6. The summed E-state index contributed by atoms with van der Waals surface area (Å²) in [5.41, 5.74) is 9.76. The second-order valence-electron chi connectivity index (χ2n) is 10.3. The quantitative estimate of drug-likeness (QED) is 0.483. The average molecular weight is 460 g/mol. The normalized spacial score (nSPS) is 20.2. The lowest BCUT2D eigenvalue weighted by Crippen LogP contribution is -2.73. The number of hydrogen-bond acceptors (Lipinski definition) is 1. The lowest BCUT2D eigenvalue weighted by Gasteiger charge is -2.27. The van der Waals surface area contributed by atoms with Gasteiger partial charge in [0.05, 0.1) is 7.05 Å². The van der Waals surface area contributed by atoms with Gasteiger partial charge in [-0.2, -0.15) is 0 Å². The van der Waals surface area contributed by atoms with Gasteiger partial charge in [0.2, 0.25) is 0 Å². The van der Waals surface area contributed by atoms with Crippen LogP contribution in [0.1, 0.15) is 51.7 Å². The van der Waals surface area contributed by atoms with E-state index >= 15 is 0 Å². The molecule has 2 aliphatic rings. The van der Waals surface area contributed by atoms with E-state index in [0.29, 0.717) is 0 Å². The number of rotatable bonds is 5. The molecule has 2 aromatic rings. The Bertz CT molecular complexity index is 1190. The molecule has 0 saturated carbocycles. The van der Waals surface area contributed by atoms with Gasteiger partial charge in [0, 0.05) is 39.9 Å². The van der Waals surface area contributed by atoms with Crippen LogP contribution in [-0.2, 0) is 10.8 Å². The minimum absolute atomic E-state index is 0.0477. The fourth-order valence-corrected chi connectivity index (χ4v) is 5.57. The summed E-state index contributed by atoms with van der Waals surface area (Å²) in [6.45, 7) is 13.6. The first-order chi connectivity index (χ1) is 15.6. The van der Waals surface area contributed by atoms with E-state index in [1.54, 1.807) is 0 Å². The van der Waals surface area contributed by atoms with Gasteiger partial charge in [0.1, 0.15) is 5.69 Å². The van der Waals surface area contributed by atoms with Gasteiger partial charge < -0.3 is 10.2 Å². The Hall–Kier alpha value is -2.55. The van der Waals surface area contributed by atoms with Crippen molar-refractivity contribution in [2.24, 2.45) is 0 Å². The molecule has 2 nitrogen and oxygen atoms in total. The highest BCUT2D eigenvalue weighted by Gasteiger charge is 2.38. The molecule has 1 aliphatic carbocycles. The standard InChI is InChI=1S/C30H35ClN2/c1-20(29(2,3)23-12-8-10-14-25(23)32-6)18-21-16-17-22(28(21)31)19-27-30(4,5)24-13-9-11-15-26(24)33(27)7/h8-15,18-19,32H,1,16-17H2,2-7H3/p+1/b21-18+,27-19-. The molecule has 0 atom stereocenters. The van der Waals surface area contributed by atoms with Crippen molar-refractivity contribution in [3.8, 4) is 0 Å². The van der Waals surface area contributed by atoms with Gasteiger partial charge in [0.25, 0.3) is 0 Å². The Balaban J connectivity index is 1.66. The molecule has 0 spiro atoms. The molecule has 0 unspecified atom stereocenters. The van der Waals surface area contributed by atoms with E-state index < -0.39 is 0 Å². The average Bonchev–Trinajstić information content (AvgIpc) is 3.24. The summed E-state index contributed by atoms with van der Waals surface area (Å²) in [6.07, 6.45) is 6.45. The van der Waals surface area contributed by atoms with Crippen LogP contribution in [0.25, 0.3) is 0 Å². The van der Waals surface area contributed by atoms with Gasteiger partial charge in [-0.15, -0.1) is 0 Å². The molecule has 33 heavy (non-hydrogen) atoms. The molecule has 0 radical (unpaired) electrons. The van der Waals surface area contributed by atoms with E-state index in [2.05, 4.69) is 119 Å². The second kappa shape index (κ2) is 8.66. The van der Waals surface area contributed by atoms with Gasteiger partial charge in [0.15, 0.2) is 0 Å². The van der Waals surface area contributed by atoms with Gasteiger partial charge in [-0.25, -0.2) is 0 Å². The molecule has 0 amide bonds. The first-order valence-corrected chi connectivity index (χ1v) is 12.2. The monoisotopic (exact) mass is 459 g/mol. The largest absolute Gasteiger partial charge is 0.347 e. The molecule has 1 heterocycles. The highest BCUT2D eigenvalue weighted by atomic mass is 35.5. The molecule has 1 aliphatic heterocycles. The number of quaternary nitrogens is 1. The Morgan fingerprint density at radius 3 is 2.45 bits per heavy atom.